The average molecular weight is 283 g/mol. The van der Waals surface area contributed by atoms with Crippen LogP contribution in [-0.4, -0.2) is 15.7 Å². The van der Waals surface area contributed by atoms with Crippen LogP contribution in [0.2, 0.25) is 0 Å². The number of rotatable bonds is 3. The van der Waals surface area contributed by atoms with Crippen LogP contribution in [0.1, 0.15) is 5.82 Å². The molecule has 2 aromatic rings. The van der Waals surface area contributed by atoms with E-state index >= 15 is 0 Å². The number of aromatic nitrogens is 2. The Bertz CT molecular complexity index is 453. The number of H-pyrrole nitrogens is 1. The first-order chi connectivity index (χ1) is 7.31. The zero-order valence-corrected chi connectivity index (χ0v) is 10.6. The lowest BCUT2D eigenvalue weighted by Gasteiger charge is -1.99. The minimum atomic E-state index is 0.808. The van der Waals surface area contributed by atoms with Crippen LogP contribution >= 0.6 is 28.6 Å². The van der Waals surface area contributed by atoms with Crippen molar-refractivity contribution >= 4 is 28.6 Å². The van der Waals surface area contributed by atoms with E-state index in [1.165, 1.54) is 0 Å². The van der Waals surface area contributed by atoms with Gasteiger partial charge in [-0.15, -0.1) is 0 Å². The lowest BCUT2D eigenvalue weighted by Crippen LogP contribution is -1.88. The molecular formula is C11H11BrN2S. The summed E-state index contributed by atoms with van der Waals surface area (Å²) in [6.45, 7) is 0. The number of hydrogen-bond donors (Lipinski definition) is 2. The van der Waals surface area contributed by atoms with E-state index in [1.807, 2.05) is 24.4 Å². The highest BCUT2D eigenvalue weighted by Gasteiger charge is 2.05. The van der Waals surface area contributed by atoms with E-state index in [-0.39, 0.29) is 0 Å². The Hall–Kier alpha value is -0.740. The molecule has 0 spiro atoms. The normalized spacial score (nSPS) is 10.5. The first-order valence-corrected chi connectivity index (χ1v) is 6.13. The monoisotopic (exact) mass is 282 g/mol. The maximum Gasteiger partial charge on any atom is 0.107 e. The number of benzene rings is 1. The maximum atomic E-state index is 4.30. The van der Waals surface area contributed by atoms with Gasteiger partial charge in [-0.1, -0.05) is 34.1 Å². The number of thiol groups is 1. The molecule has 0 aliphatic heterocycles. The Morgan fingerprint density at radius 1 is 1.33 bits per heavy atom. The molecule has 1 aromatic heterocycles. The lowest BCUT2D eigenvalue weighted by molar-refractivity contribution is 1.00. The number of aromatic amines is 1. The van der Waals surface area contributed by atoms with Crippen molar-refractivity contribution in [1.82, 2.24) is 9.97 Å². The fourth-order valence-corrected chi connectivity index (χ4v) is 2.12. The summed E-state index contributed by atoms with van der Waals surface area (Å²) in [5.41, 5.74) is 2.18. The third-order valence-corrected chi connectivity index (χ3v) is 3.06. The molecule has 1 aromatic carbocycles. The van der Waals surface area contributed by atoms with E-state index in [9.17, 15) is 0 Å². The summed E-state index contributed by atoms with van der Waals surface area (Å²) in [5.74, 6) is 1.79. The molecule has 1 heterocycles. The lowest BCUT2D eigenvalue weighted by atomic mass is 10.2. The summed E-state index contributed by atoms with van der Waals surface area (Å²) in [6.07, 6.45) is 2.73. The molecule has 15 heavy (non-hydrogen) atoms. The third-order valence-electron chi connectivity index (χ3n) is 2.14. The van der Waals surface area contributed by atoms with E-state index in [2.05, 4.69) is 44.6 Å². The van der Waals surface area contributed by atoms with Crippen molar-refractivity contribution < 1.29 is 0 Å². The van der Waals surface area contributed by atoms with Crippen molar-refractivity contribution in [3.63, 3.8) is 0 Å². The number of aryl methyl sites for hydroxylation is 1. The van der Waals surface area contributed by atoms with Crippen LogP contribution in [0, 0.1) is 0 Å². The Morgan fingerprint density at radius 3 is 2.87 bits per heavy atom. The molecule has 2 rings (SSSR count). The van der Waals surface area contributed by atoms with Gasteiger partial charge in [-0.05, 0) is 11.8 Å². The van der Waals surface area contributed by atoms with E-state index in [0.29, 0.717) is 0 Å². The molecule has 2 nitrogen and oxygen atoms in total. The molecule has 4 heteroatoms. The summed E-state index contributed by atoms with van der Waals surface area (Å²) in [5, 5.41) is 0. The summed E-state index contributed by atoms with van der Waals surface area (Å²) in [7, 11) is 0. The molecule has 78 valence electrons. The van der Waals surface area contributed by atoms with Gasteiger partial charge in [0.05, 0.1) is 11.9 Å². The van der Waals surface area contributed by atoms with Gasteiger partial charge in [0, 0.05) is 16.5 Å². The number of halogens is 1. The largest absolute Gasteiger partial charge is 0.342 e. The van der Waals surface area contributed by atoms with Crippen LogP contribution in [0.3, 0.4) is 0 Å². The van der Waals surface area contributed by atoms with Gasteiger partial charge in [0.1, 0.15) is 5.82 Å². The van der Waals surface area contributed by atoms with Crippen LogP contribution in [0.15, 0.2) is 34.9 Å². The number of nitrogens with one attached hydrogen (secondary N) is 1. The second-order valence-corrected chi connectivity index (χ2v) is 4.50. The summed E-state index contributed by atoms with van der Waals surface area (Å²) < 4.78 is 1.08. The van der Waals surface area contributed by atoms with Gasteiger partial charge in [-0.3, -0.25) is 0 Å². The molecular weight excluding hydrogens is 272 g/mol. The molecule has 0 unspecified atom stereocenters. The van der Waals surface area contributed by atoms with E-state index < -0.39 is 0 Å². The Kier molecular flexibility index (Phi) is 3.49. The molecule has 0 saturated carbocycles. The molecule has 0 bridgehead atoms. The third kappa shape index (κ3) is 2.44. The van der Waals surface area contributed by atoms with Crippen molar-refractivity contribution in [3.8, 4) is 11.3 Å². The molecule has 0 aliphatic carbocycles. The molecule has 0 saturated heterocycles. The predicted octanol–water partition coefficient (Wildman–Crippen LogP) is 3.31. The van der Waals surface area contributed by atoms with Crippen molar-refractivity contribution in [1.29, 1.82) is 0 Å². The maximum absolute atomic E-state index is 4.30. The Morgan fingerprint density at radius 2 is 2.13 bits per heavy atom. The summed E-state index contributed by atoms with van der Waals surface area (Å²) in [6, 6.07) is 8.09. The Balaban J connectivity index is 2.33. The minimum absolute atomic E-state index is 0.808. The average Bonchev–Trinajstić information content (AvgIpc) is 2.68. The molecule has 0 atom stereocenters. The minimum Gasteiger partial charge on any atom is -0.342 e. The number of nitrogens with zero attached hydrogens (tertiary/aromatic N) is 1. The second-order valence-electron chi connectivity index (χ2n) is 3.20. The van der Waals surface area contributed by atoms with Gasteiger partial charge in [-0.25, -0.2) is 4.98 Å². The van der Waals surface area contributed by atoms with Crippen molar-refractivity contribution in [3.05, 3.63) is 40.8 Å². The zero-order chi connectivity index (χ0) is 10.7. The fourth-order valence-electron chi connectivity index (χ4n) is 1.41. The quantitative estimate of drug-likeness (QED) is 0.831. The van der Waals surface area contributed by atoms with Crippen LogP contribution in [0.25, 0.3) is 11.3 Å². The SMILES string of the molecule is SCCc1ncc(-c2ccccc2Br)[nH]1. The van der Waals surface area contributed by atoms with Gasteiger partial charge in [0.15, 0.2) is 0 Å². The second kappa shape index (κ2) is 4.86. The molecule has 0 aliphatic rings. The Labute approximate surface area is 103 Å². The highest BCUT2D eigenvalue weighted by molar-refractivity contribution is 9.10. The first-order valence-electron chi connectivity index (χ1n) is 4.71. The van der Waals surface area contributed by atoms with E-state index in [4.69, 9.17) is 0 Å². The standard InChI is InChI=1S/C11H11BrN2S/c12-9-4-2-1-3-8(9)10-7-13-11(14-10)5-6-15/h1-4,7,15H,5-6H2,(H,13,14). The van der Waals surface area contributed by atoms with Crippen LogP contribution in [0.5, 0.6) is 0 Å². The van der Waals surface area contributed by atoms with E-state index in [1.54, 1.807) is 0 Å². The number of imidazole rings is 1. The highest BCUT2D eigenvalue weighted by atomic mass is 79.9. The van der Waals surface area contributed by atoms with Gasteiger partial charge < -0.3 is 4.98 Å². The van der Waals surface area contributed by atoms with Crippen LogP contribution in [-0.2, 0) is 6.42 Å². The highest BCUT2D eigenvalue weighted by Crippen LogP contribution is 2.26. The van der Waals surface area contributed by atoms with Gasteiger partial charge >= 0.3 is 0 Å². The van der Waals surface area contributed by atoms with Crippen LogP contribution < -0.4 is 0 Å². The smallest absolute Gasteiger partial charge is 0.107 e. The van der Waals surface area contributed by atoms with Crippen molar-refractivity contribution in [2.45, 2.75) is 6.42 Å². The van der Waals surface area contributed by atoms with Crippen LogP contribution in [0.4, 0.5) is 0 Å². The first kappa shape index (κ1) is 10.8. The number of hydrogen-bond acceptors (Lipinski definition) is 2. The molecule has 0 radical (unpaired) electrons. The zero-order valence-electron chi connectivity index (χ0n) is 8.07. The van der Waals surface area contributed by atoms with Gasteiger partial charge in [0.25, 0.3) is 0 Å². The molecule has 1 N–H and O–H groups in total. The van der Waals surface area contributed by atoms with Crippen molar-refractivity contribution in [2.75, 3.05) is 5.75 Å². The topological polar surface area (TPSA) is 28.7 Å². The van der Waals surface area contributed by atoms with Crippen molar-refractivity contribution in [2.24, 2.45) is 0 Å². The summed E-state index contributed by atoms with van der Waals surface area (Å²) >= 11 is 7.70. The molecule has 0 amide bonds. The predicted molar refractivity (Wildman–Crippen MR) is 69.3 cm³/mol. The molecule has 0 fully saturated rings. The fraction of sp³-hybridized carbons (Fsp3) is 0.182. The summed E-state index contributed by atoms with van der Waals surface area (Å²) in [4.78, 5) is 7.58. The van der Waals surface area contributed by atoms with Gasteiger partial charge in [-0.2, -0.15) is 12.6 Å². The van der Waals surface area contributed by atoms with Gasteiger partial charge in [0.2, 0.25) is 0 Å². The van der Waals surface area contributed by atoms with E-state index in [0.717, 1.165) is 33.7 Å².